The molecule has 1 unspecified atom stereocenters. The van der Waals surface area contributed by atoms with Crippen molar-refractivity contribution in [2.45, 2.75) is 6.10 Å². The lowest BCUT2D eigenvalue weighted by atomic mass is 10.1. The lowest BCUT2D eigenvalue weighted by molar-refractivity contribution is 0.0698. The van der Waals surface area contributed by atoms with E-state index in [0.29, 0.717) is 11.1 Å². The van der Waals surface area contributed by atoms with Gasteiger partial charge in [-0.3, -0.25) is 0 Å². The third-order valence-corrected chi connectivity index (χ3v) is 3.02. The van der Waals surface area contributed by atoms with Gasteiger partial charge in [-0.25, -0.2) is 14.8 Å². The second kappa shape index (κ2) is 4.75. The van der Waals surface area contributed by atoms with Crippen LogP contribution in [0.2, 0.25) is 0 Å². The van der Waals surface area contributed by atoms with Gasteiger partial charge in [0.15, 0.2) is 5.65 Å². The minimum Gasteiger partial charge on any atom is -0.478 e. The molecule has 3 N–H and O–H groups in total. The quantitative estimate of drug-likeness (QED) is 0.672. The molecular formula is C14H11N3O3. The smallest absolute Gasteiger partial charge is 0.338 e. The molecule has 2 heterocycles. The predicted octanol–water partition coefficient (Wildman–Crippen LogP) is 1.74. The number of imidazole rings is 1. The molecule has 0 aliphatic heterocycles. The van der Waals surface area contributed by atoms with Crippen LogP contribution >= 0.6 is 0 Å². The van der Waals surface area contributed by atoms with Crippen LogP contribution in [-0.4, -0.2) is 31.1 Å². The van der Waals surface area contributed by atoms with Crippen molar-refractivity contribution < 1.29 is 15.0 Å². The number of carboxylic acids is 1. The number of carbonyl (C=O) groups is 1. The zero-order valence-corrected chi connectivity index (χ0v) is 10.3. The Hall–Kier alpha value is -2.73. The summed E-state index contributed by atoms with van der Waals surface area (Å²) < 4.78 is 0. The molecular weight excluding hydrogens is 258 g/mol. The first-order chi connectivity index (χ1) is 9.66. The molecule has 0 aliphatic carbocycles. The molecule has 1 aromatic carbocycles. The van der Waals surface area contributed by atoms with Gasteiger partial charge in [-0.1, -0.05) is 30.3 Å². The molecule has 3 rings (SSSR count). The summed E-state index contributed by atoms with van der Waals surface area (Å²) in [6, 6.07) is 10.4. The fourth-order valence-electron chi connectivity index (χ4n) is 2.03. The number of nitrogens with one attached hydrogen (secondary N) is 1. The maximum absolute atomic E-state index is 11.1. The summed E-state index contributed by atoms with van der Waals surface area (Å²) in [6.07, 6.45) is 0.428. The van der Waals surface area contributed by atoms with Crippen LogP contribution < -0.4 is 0 Å². The number of hydrogen-bond acceptors (Lipinski definition) is 4. The van der Waals surface area contributed by atoms with E-state index in [1.807, 2.05) is 18.2 Å². The molecule has 6 heteroatoms. The normalized spacial score (nSPS) is 12.4. The van der Waals surface area contributed by atoms with E-state index in [9.17, 15) is 9.90 Å². The Labute approximate surface area is 113 Å². The Balaban J connectivity index is 2.10. The first-order valence-electron chi connectivity index (χ1n) is 5.97. The standard InChI is InChI=1S/C14H11N3O3/c18-11(8-4-2-1-3-5-8)13-16-10-9(14(19)20)6-7-15-12(10)17-13/h1-7,11,18H,(H,19,20)(H,15,16,17). The Bertz CT molecular complexity index is 768. The molecule has 0 aliphatic rings. The van der Waals surface area contributed by atoms with Gasteiger partial charge in [0, 0.05) is 6.20 Å². The summed E-state index contributed by atoms with van der Waals surface area (Å²) in [5.74, 6) is -0.797. The van der Waals surface area contributed by atoms with Gasteiger partial charge in [0.2, 0.25) is 0 Å². The molecule has 1 atom stereocenters. The van der Waals surface area contributed by atoms with Gasteiger partial charge in [0.25, 0.3) is 0 Å². The van der Waals surface area contributed by atoms with Crippen molar-refractivity contribution in [3.63, 3.8) is 0 Å². The monoisotopic (exact) mass is 269 g/mol. The number of fused-ring (bicyclic) bond motifs is 1. The molecule has 0 amide bonds. The number of rotatable bonds is 3. The number of aromatic carboxylic acids is 1. The highest BCUT2D eigenvalue weighted by molar-refractivity contribution is 5.99. The molecule has 0 bridgehead atoms. The third-order valence-electron chi connectivity index (χ3n) is 3.02. The number of aliphatic hydroxyl groups is 1. The SMILES string of the molecule is O=C(O)c1ccnc2nc(C(O)c3ccccc3)[nH]c12. The van der Waals surface area contributed by atoms with Crippen LogP contribution in [-0.2, 0) is 0 Å². The Morgan fingerprint density at radius 2 is 1.95 bits per heavy atom. The molecule has 0 saturated carbocycles. The minimum absolute atomic E-state index is 0.0778. The summed E-state index contributed by atoms with van der Waals surface area (Å²) in [5, 5.41) is 19.4. The van der Waals surface area contributed by atoms with E-state index in [1.54, 1.807) is 12.1 Å². The van der Waals surface area contributed by atoms with Crippen LogP contribution in [0.4, 0.5) is 0 Å². The molecule has 0 fully saturated rings. The van der Waals surface area contributed by atoms with E-state index < -0.39 is 12.1 Å². The van der Waals surface area contributed by atoms with Gasteiger partial charge in [0.05, 0.1) is 11.1 Å². The lowest BCUT2D eigenvalue weighted by Crippen LogP contribution is -2.01. The number of carboxylic acid groups (broad SMARTS) is 1. The van der Waals surface area contributed by atoms with Gasteiger partial charge in [0.1, 0.15) is 11.9 Å². The summed E-state index contributed by atoms with van der Waals surface area (Å²) in [4.78, 5) is 22.1. The number of aromatic nitrogens is 3. The fraction of sp³-hybridized carbons (Fsp3) is 0.0714. The fourth-order valence-corrected chi connectivity index (χ4v) is 2.03. The van der Waals surface area contributed by atoms with Crippen molar-refractivity contribution in [3.05, 3.63) is 59.5 Å². The summed E-state index contributed by atoms with van der Waals surface area (Å²) in [6.45, 7) is 0. The van der Waals surface area contributed by atoms with E-state index in [4.69, 9.17) is 5.11 Å². The second-order valence-electron chi connectivity index (χ2n) is 4.30. The summed E-state index contributed by atoms with van der Waals surface area (Å²) >= 11 is 0. The molecule has 0 radical (unpaired) electrons. The van der Waals surface area contributed by atoms with E-state index in [0.717, 1.165) is 0 Å². The summed E-state index contributed by atoms with van der Waals surface area (Å²) in [5.41, 5.74) is 1.33. The highest BCUT2D eigenvalue weighted by atomic mass is 16.4. The zero-order chi connectivity index (χ0) is 14.1. The van der Waals surface area contributed by atoms with Crippen molar-refractivity contribution >= 4 is 17.1 Å². The van der Waals surface area contributed by atoms with E-state index >= 15 is 0 Å². The topological polar surface area (TPSA) is 99.1 Å². The zero-order valence-electron chi connectivity index (χ0n) is 10.3. The minimum atomic E-state index is -1.07. The number of aliphatic hydroxyl groups excluding tert-OH is 1. The number of benzene rings is 1. The molecule has 3 aromatic rings. The first-order valence-corrected chi connectivity index (χ1v) is 5.97. The maximum atomic E-state index is 11.1. The van der Waals surface area contributed by atoms with Crippen molar-refractivity contribution in [1.82, 2.24) is 15.0 Å². The van der Waals surface area contributed by atoms with Crippen LogP contribution in [0, 0.1) is 0 Å². The number of aromatic amines is 1. The van der Waals surface area contributed by atoms with Gasteiger partial charge >= 0.3 is 5.97 Å². The van der Waals surface area contributed by atoms with E-state index in [-0.39, 0.29) is 17.0 Å². The van der Waals surface area contributed by atoms with Crippen molar-refractivity contribution in [3.8, 4) is 0 Å². The van der Waals surface area contributed by atoms with Crippen LogP contribution in [0.3, 0.4) is 0 Å². The van der Waals surface area contributed by atoms with Crippen molar-refractivity contribution in [2.24, 2.45) is 0 Å². The maximum Gasteiger partial charge on any atom is 0.338 e. The largest absolute Gasteiger partial charge is 0.478 e. The highest BCUT2D eigenvalue weighted by Gasteiger charge is 2.18. The van der Waals surface area contributed by atoms with Crippen molar-refractivity contribution in [1.29, 1.82) is 0 Å². The Kier molecular flexibility index (Phi) is 2.92. The molecule has 2 aromatic heterocycles. The lowest BCUT2D eigenvalue weighted by Gasteiger charge is -2.06. The number of pyridine rings is 1. The second-order valence-corrected chi connectivity index (χ2v) is 4.30. The van der Waals surface area contributed by atoms with Gasteiger partial charge in [-0.2, -0.15) is 0 Å². The van der Waals surface area contributed by atoms with Gasteiger partial charge in [-0.05, 0) is 11.6 Å². The number of nitrogens with zero attached hydrogens (tertiary/aromatic N) is 2. The first kappa shape index (κ1) is 12.3. The molecule has 0 saturated heterocycles. The van der Waals surface area contributed by atoms with Gasteiger partial charge in [-0.15, -0.1) is 0 Å². The predicted molar refractivity (Wildman–Crippen MR) is 71.4 cm³/mol. The van der Waals surface area contributed by atoms with E-state index in [1.165, 1.54) is 12.3 Å². The van der Waals surface area contributed by atoms with Crippen LogP contribution in [0.1, 0.15) is 27.8 Å². The van der Waals surface area contributed by atoms with Crippen molar-refractivity contribution in [2.75, 3.05) is 0 Å². The molecule has 20 heavy (non-hydrogen) atoms. The van der Waals surface area contributed by atoms with Crippen LogP contribution in [0.25, 0.3) is 11.2 Å². The average Bonchev–Trinajstić information content (AvgIpc) is 2.90. The van der Waals surface area contributed by atoms with Gasteiger partial charge < -0.3 is 15.2 Å². The van der Waals surface area contributed by atoms with Crippen LogP contribution in [0.5, 0.6) is 0 Å². The third kappa shape index (κ3) is 2.02. The van der Waals surface area contributed by atoms with E-state index in [2.05, 4.69) is 15.0 Å². The molecule has 6 nitrogen and oxygen atoms in total. The highest BCUT2D eigenvalue weighted by Crippen LogP contribution is 2.22. The molecule has 100 valence electrons. The van der Waals surface area contributed by atoms with Crippen LogP contribution in [0.15, 0.2) is 42.6 Å². The Morgan fingerprint density at radius 1 is 1.20 bits per heavy atom. The molecule has 0 spiro atoms. The number of H-pyrrole nitrogens is 1. The Morgan fingerprint density at radius 3 is 2.65 bits per heavy atom. The number of hydrogen-bond donors (Lipinski definition) is 3. The average molecular weight is 269 g/mol. The summed E-state index contributed by atoms with van der Waals surface area (Å²) in [7, 11) is 0.